The average molecular weight is 359 g/mol. The van der Waals surface area contributed by atoms with Crippen LogP contribution in [0.3, 0.4) is 0 Å². The Hall–Kier alpha value is -2.22. The minimum absolute atomic E-state index is 0.0537. The molecule has 0 unspecified atom stereocenters. The summed E-state index contributed by atoms with van der Waals surface area (Å²) in [5.41, 5.74) is 0.719. The van der Waals surface area contributed by atoms with Gasteiger partial charge in [0.2, 0.25) is 0 Å². The van der Waals surface area contributed by atoms with Crippen LogP contribution in [0.15, 0.2) is 30.3 Å². The monoisotopic (exact) mass is 359 g/mol. The van der Waals surface area contributed by atoms with Crippen LogP contribution in [0.1, 0.15) is 26.3 Å². The maximum absolute atomic E-state index is 14.0. The minimum Gasteiger partial charge on any atom is -0.461 e. The van der Waals surface area contributed by atoms with E-state index in [2.05, 4.69) is 10.1 Å². The molecule has 0 aromatic heterocycles. The van der Waals surface area contributed by atoms with Gasteiger partial charge in [0, 0.05) is 0 Å². The molecular formula is C17H23F2NO5. The number of carbonyl (C=O) groups is 2. The van der Waals surface area contributed by atoms with E-state index in [1.807, 2.05) is 0 Å². The van der Waals surface area contributed by atoms with E-state index in [4.69, 9.17) is 4.74 Å². The van der Waals surface area contributed by atoms with E-state index in [1.54, 1.807) is 30.3 Å². The number of hydrogen-bond acceptors (Lipinski definition) is 5. The first-order valence-corrected chi connectivity index (χ1v) is 7.90. The molecule has 0 saturated carbocycles. The van der Waals surface area contributed by atoms with Crippen LogP contribution in [0.4, 0.5) is 13.6 Å². The molecule has 0 radical (unpaired) electrons. The van der Waals surface area contributed by atoms with Crippen LogP contribution < -0.4 is 5.32 Å². The number of halogens is 2. The van der Waals surface area contributed by atoms with Crippen LogP contribution in [-0.2, 0) is 20.9 Å². The van der Waals surface area contributed by atoms with Gasteiger partial charge < -0.3 is 19.9 Å². The lowest BCUT2D eigenvalue weighted by Crippen LogP contribution is -2.57. The number of rotatable bonds is 8. The van der Waals surface area contributed by atoms with Crippen LogP contribution in [-0.4, -0.2) is 41.8 Å². The molecule has 2 N–H and O–H groups in total. The number of benzene rings is 1. The molecule has 140 valence electrons. The summed E-state index contributed by atoms with van der Waals surface area (Å²) in [6.07, 6.45) is -3.42. The van der Waals surface area contributed by atoms with Crippen molar-refractivity contribution >= 4 is 12.1 Å². The zero-order valence-corrected chi connectivity index (χ0v) is 14.4. The summed E-state index contributed by atoms with van der Waals surface area (Å²) in [5, 5.41) is 12.1. The topological polar surface area (TPSA) is 84.9 Å². The molecule has 25 heavy (non-hydrogen) atoms. The van der Waals surface area contributed by atoms with Crippen molar-refractivity contribution in [2.45, 2.75) is 45.4 Å². The third-order valence-electron chi connectivity index (χ3n) is 3.47. The molecule has 1 aromatic rings. The van der Waals surface area contributed by atoms with E-state index >= 15 is 0 Å². The number of esters is 1. The van der Waals surface area contributed by atoms with E-state index in [0.717, 1.165) is 5.56 Å². The van der Waals surface area contributed by atoms with Crippen molar-refractivity contribution in [1.29, 1.82) is 0 Å². The number of amides is 1. The molecule has 1 aromatic carbocycles. The van der Waals surface area contributed by atoms with Crippen LogP contribution in [0.2, 0.25) is 0 Å². The average Bonchev–Trinajstić information content (AvgIpc) is 2.58. The normalized spacial score (nSPS) is 13.9. The molecule has 1 rings (SSSR count). The van der Waals surface area contributed by atoms with Crippen molar-refractivity contribution < 1.29 is 33.0 Å². The number of aliphatic hydroxyl groups is 1. The Morgan fingerprint density at radius 2 is 1.80 bits per heavy atom. The van der Waals surface area contributed by atoms with Gasteiger partial charge in [0.15, 0.2) is 0 Å². The molecule has 0 saturated heterocycles. The van der Waals surface area contributed by atoms with Crippen molar-refractivity contribution in [3.05, 3.63) is 35.9 Å². The lowest BCUT2D eigenvalue weighted by atomic mass is 9.94. The molecule has 1 amide bonds. The number of alkyl carbamates (subject to hydrolysis) is 1. The molecular weight excluding hydrogens is 336 g/mol. The second-order valence-electron chi connectivity index (χ2n) is 5.76. The highest BCUT2D eigenvalue weighted by atomic mass is 19.3. The van der Waals surface area contributed by atoms with E-state index in [9.17, 15) is 23.5 Å². The Labute approximate surface area is 145 Å². The van der Waals surface area contributed by atoms with Gasteiger partial charge in [-0.2, -0.15) is 8.78 Å². The van der Waals surface area contributed by atoms with Crippen LogP contribution in [0.5, 0.6) is 0 Å². The lowest BCUT2D eigenvalue weighted by Gasteiger charge is -2.31. The van der Waals surface area contributed by atoms with Crippen LogP contribution in [0.25, 0.3) is 0 Å². The molecule has 0 aliphatic carbocycles. The number of aliphatic hydroxyl groups excluding tert-OH is 1. The van der Waals surface area contributed by atoms with Crippen molar-refractivity contribution in [3.63, 3.8) is 0 Å². The SMILES string of the molecule is CCOC(=O)C(F)(F)[C@@H](O)[C@@H](NC(=O)OCc1ccccc1)C(C)C. The maximum Gasteiger partial charge on any atom is 0.407 e. The van der Waals surface area contributed by atoms with E-state index in [0.29, 0.717) is 0 Å². The third-order valence-corrected chi connectivity index (χ3v) is 3.47. The molecule has 0 spiro atoms. The quantitative estimate of drug-likeness (QED) is 0.697. The van der Waals surface area contributed by atoms with E-state index in [-0.39, 0.29) is 13.2 Å². The minimum atomic E-state index is -4.16. The molecule has 0 aliphatic heterocycles. The Morgan fingerprint density at radius 3 is 2.32 bits per heavy atom. The van der Waals surface area contributed by atoms with Gasteiger partial charge in [-0.05, 0) is 18.4 Å². The zero-order valence-electron chi connectivity index (χ0n) is 14.4. The maximum atomic E-state index is 14.0. The first-order chi connectivity index (χ1) is 11.7. The number of nitrogens with one attached hydrogen (secondary N) is 1. The van der Waals surface area contributed by atoms with Gasteiger partial charge >= 0.3 is 18.0 Å². The summed E-state index contributed by atoms with van der Waals surface area (Å²) in [6.45, 7) is 4.11. The Balaban J connectivity index is 2.72. The summed E-state index contributed by atoms with van der Waals surface area (Å²) in [4.78, 5) is 23.2. The molecule has 0 aliphatic rings. The number of hydrogen-bond donors (Lipinski definition) is 2. The van der Waals surface area contributed by atoms with Crippen molar-refractivity contribution in [2.24, 2.45) is 5.92 Å². The second-order valence-corrected chi connectivity index (χ2v) is 5.76. The summed E-state index contributed by atoms with van der Waals surface area (Å²) in [5.74, 6) is -6.58. The molecule has 0 bridgehead atoms. The van der Waals surface area contributed by atoms with Crippen molar-refractivity contribution in [3.8, 4) is 0 Å². The van der Waals surface area contributed by atoms with E-state index in [1.165, 1.54) is 20.8 Å². The number of carbonyl (C=O) groups excluding carboxylic acids is 2. The van der Waals surface area contributed by atoms with Crippen molar-refractivity contribution in [1.82, 2.24) is 5.32 Å². The Bertz CT molecular complexity index is 565. The van der Waals surface area contributed by atoms with Crippen LogP contribution in [0, 0.1) is 5.92 Å². The summed E-state index contributed by atoms with van der Waals surface area (Å²) in [7, 11) is 0. The summed E-state index contributed by atoms with van der Waals surface area (Å²) < 4.78 is 37.2. The molecule has 6 nitrogen and oxygen atoms in total. The smallest absolute Gasteiger partial charge is 0.407 e. The number of ether oxygens (including phenoxy) is 2. The molecule has 0 fully saturated rings. The standard InChI is InChI=1S/C17H23F2NO5/c1-4-24-15(22)17(18,19)14(21)13(11(2)3)20-16(23)25-10-12-8-6-5-7-9-12/h5-9,11,13-14,21H,4,10H2,1-3H3,(H,20,23)/t13-,14-/m0/s1. The fourth-order valence-corrected chi connectivity index (χ4v) is 2.08. The predicted molar refractivity (Wildman–Crippen MR) is 86.0 cm³/mol. The van der Waals surface area contributed by atoms with Gasteiger partial charge in [0.1, 0.15) is 12.7 Å². The summed E-state index contributed by atoms with van der Waals surface area (Å²) in [6, 6.07) is 7.39. The molecule has 8 heteroatoms. The van der Waals surface area contributed by atoms with E-state index < -0.39 is 36.0 Å². The van der Waals surface area contributed by atoms with Gasteiger partial charge in [-0.1, -0.05) is 44.2 Å². The highest BCUT2D eigenvalue weighted by Crippen LogP contribution is 2.26. The predicted octanol–water partition coefficient (Wildman–Crippen LogP) is 2.50. The molecule has 2 atom stereocenters. The van der Waals surface area contributed by atoms with Crippen LogP contribution >= 0.6 is 0 Å². The van der Waals surface area contributed by atoms with Gasteiger partial charge in [0.25, 0.3) is 0 Å². The fourth-order valence-electron chi connectivity index (χ4n) is 2.08. The Kier molecular flexibility index (Phi) is 7.76. The lowest BCUT2D eigenvalue weighted by molar-refractivity contribution is -0.192. The highest BCUT2D eigenvalue weighted by molar-refractivity contribution is 5.78. The first kappa shape index (κ1) is 20.8. The van der Waals surface area contributed by atoms with Gasteiger partial charge in [0.05, 0.1) is 12.6 Å². The largest absolute Gasteiger partial charge is 0.461 e. The Morgan fingerprint density at radius 1 is 1.20 bits per heavy atom. The molecule has 0 heterocycles. The van der Waals surface area contributed by atoms with Crippen molar-refractivity contribution in [2.75, 3.05) is 6.61 Å². The van der Waals surface area contributed by atoms with Gasteiger partial charge in [-0.25, -0.2) is 9.59 Å². The first-order valence-electron chi connectivity index (χ1n) is 7.90. The van der Waals surface area contributed by atoms with Gasteiger partial charge in [-0.15, -0.1) is 0 Å². The fraction of sp³-hybridized carbons (Fsp3) is 0.529. The summed E-state index contributed by atoms with van der Waals surface area (Å²) >= 11 is 0. The van der Waals surface area contributed by atoms with Gasteiger partial charge in [-0.3, -0.25) is 0 Å². The number of alkyl halides is 2. The zero-order chi connectivity index (χ0) is 19.0. The second kappa shape index (κ2) is 9.31. The highest BCUT2D eigenvalue weighted by Gasteiger charge is 2.52. The third kappa shape index (κ3) is 5.97.